The number of carboxylic acid groups (broad SMARTS) is 1. The lowest BCUT2D eigenvalue weighted by Gasteiger charge is -2.28. The lowest BCUT2D eigenvalue weighted by molar-refractivity contribution is -0.145. The molecule has 0 aliphatic rings. The van der Waals surface area contributed by atoms with Crippen molar-refractivity contribution >= 4 is 52.2 Å². The van der Waals surface area contributed by atoms with E-state index in [-0.39, 0.29) is 39.1 Å². The number of hydrogen-bond acceptors (Lipinski definition) is 14. The van der Waals surface area contributed by atoms with Crippen LogP contribution in [-0.2, 0) is 46.5 Å². The third kappa shape index (κ3) is 37.0. The molecule has 0 spiro atoms. The molecular weight excluding hydrogens is 946 g/mol. The van der Waals surface area contributed by atoms with Crippen molar-refractivity contribution in [2.45, 2.75) is 150 Å². The molecule has 68 heavy (non-hydrogen) atoms. The summed E-state index contributed by atoms with van der Waals surface area (Å²) >= 11 is 2.89. The predicted molar refractivity (Wildman–Crippen MR) is 260 cm³/mol. The first-order valence-electron chi connectivity index (χ1n) is 22.2. The van der Waals surface area contributed by atoms with E-state index in [9.17, 15) is 28.8 Å². The number of alkyl halides is 1. The Balaban J connectivity index is 0. The highest BCUT2D eigenvalue weighted by molar-refractivity contribution is 9.09. The Hall–Kier alpha value is -6.12. The van der Waals surface area contributed by atoms with E-state index in [0.717, 1.165) is 17.7 Å². The lowest BCUT2D eigenvalue weighted by atomic mass is 10.1. The van der Waals surface area contributed by atoms with Crippen molar-refractivity contribution in [1.82, 2.24) is 26.2 Å². The smallest absolute Gasteiger partial charge is 0.408 e. The molecule has 0 aliphatic heterocycles. The summed E-state index contributed by atoms with van der Waals surface area (Å²) in [5, 5.41) is 35.6. The van der Waals surface area contributed by atoms with Crippen molar-refractivity contribution in [3.05, 3.63) is 71.8 Å². The zero-order chi connectivity index (χ0) is 52.1. The van der Waals surface area contributed by atoms with E-state index in [4.69, 9.17) is 39.3 Å². The largest absolute Gasteiger partial charge is 0.480 e. The number of alkyl carbamates (subject to hydrolysis) is 4. The van der Waals surface area contributed by atoms with E-state index in [1.807, 2.05) is 66.7 Å². The lowest BCUT2D eigenvalue weighted by Crippen LogP contribution is -2.44. The van der Waals surface area contributed by atoms with Gasteiger partial charge in [-0.05, 0) is 113 Å². The van der Waals surface area contributed by atoms with Crippen LogP contribution in [0.15, 0.2) is 60.7 Å². The van der Waals surface area contributed by atoms with Gasteiger partial charge in [0.2, 0.25) is 0 Å². The van der Waals surface area contributed by atoms with Crippen molar-refractivity contribution < 1.29 is 57.6 Å². The average molecular weight is 1020 g/mol. The number of nitrogens with zero attached hydrogens (tertiary/aromatic N) is 3. The Labute approximate surface area is 411 Å². The molecule has 0 bridgehead atoms. The molecule has 20 heteroatoms. The molecule has 0 heterocycles. The summed E-state index contributed by atoms with van der Waals surface area (Å²) in [5.74, 6) is -1.91. The Kier molecular flexibility index (Phi) is 34.7. The third-order valence-corrected chi connectivity index (χ3v) is 8.55. The standard InChI is InChI=1S/C20H27N3O6.C18H26N2O6.C8H19N.C2H2BrN/c1-20(2,3)29-19(26)23-16(17(24)27-13-11-21)10-7-12-22-18(25)28-14-15-8-5-4-6-9-15;1-18(2,3)26-17(24)20-14(15(21)22)10-7-11-19-16(23)25-12-13-8-5-4-6-9-13;1-6-9(7(2)3)8(4)5;3-1-2-4/h4-6,8-9,16H,7,10,12-14H2,1-3H3,(H,22,25)(H,23,26);4-6,8-9,14H,7,10-12H2,1-3H3,(H,19,23)(H,20,24)(H,21,22);7-8H,6H2,1-5H3;1H2/t16-;14-;;/m00../s1. The van der Waals surface area contributed by atoms with Crippen LogP contribution in [0.2, 0.25) is 0 Å². The van der Waals surface area contributed by atoms with E-state index in [1.165, 1.54) is 0 Å². The first-order valence-corrected chi connectivity index (χ1v) is 23.3. The molecule has 5 N–H and O–H groups in total. The Morgan fingerprint density at radius 3 is 1.34 bits per heavy atom. The number of rotatable bonds is 20. The summed E-state index contributed by atoms with van der Waals surface area (Å²) in [7, 11) is 0. The second-order valence-corrected chi connectivity index (χ2v) is 17.6. The predicted octanol–water partition coefficient (Wildman–Crippen LogP) is 8.35. The van der Waals surface area contributed by atoms with Crippen LogP contribution in [0, 0.1) is 22.7 Å². The maximum absolute atomic E-state index is 12.0. The molecule has 4 amide bonds. The highest BCUT2D eigenvalue weighted by Crippen LogP contribution is 2.10. The van der Waals surface area contributed by atoms with E-state index in [1.54, 1.807) is 47.6 Å². The molecule has 2 atom stereocenters. The third-order valence-electron chi connectivity index (χ3n) is 8.30. The fourth-order valence-electron chi connectivity index (χ4n) is 5.48. The highest BCUT2D eigenvalue weighted by Gasteiger charge is 2.26. The van der Waals surface area contributed by atoms with Gasteiger partial charge in [-0.1, -0.05) is 83.5 Å². The number of ether oxygens (including phenoxy) is 5. The summed E-state index contributed by atoms with van der Waals surface area (Å²) in [6.07, 6.45) is -1.68. The van der Waals surface area contributed by atoms with Crippen molar-refractivity contribution in [3.8, 4) is 12.1 Å². The zero-order valence-electron chi connectivity index (χ0n) is 41.5. The topological polar surface area (TPSA) is 268 Å². The number of aliphatic carboxylic acids is 1. The molecule has 380 valence electrons. The van der Waals surface area contributed by atoms with Crippen molar-refractivity contribution in [2.24, 2.45) is 0 Å². The Morgan fingerprint density at radius 2 is 1.03 bits per heavy atom. The Morgan fingerprint density at radius 1 is 0.647 bits per heavy atom. The van der Waals surface area contributed by atoms with Gasteiger partial charge in [0.1, 0.15) is 42.6 Å². The minimum absolute atomic E-state index is 0.146. The van der Waals surface area contributed by atoms with Crippen molar-refractivity contribution in [1.29, 1.82) is 10.5 Å². The van der Waals surface area contributed by atoms with E-state index < -0.39 is 66.2 Å². The van der Waals surface area contributed by atoms with Gasteiger partial charge in [0, 0.05) is 25.2 Å². The number of carbonyl (C=O) groups excluding carboxylic acids is 5. The van der Waals surface area contributed by atoms with Crippen LogP contribution in [0.5, 0.6) is 0 Å². The van der Waals surface area contributed by atoms with Crippen molar-refractivity contribution in [3.63, 3.8) is 0 Å². The van der Waals surface area contributed by atoms with Crippen LogP contribution in [-0.4, -0.2) is 113 Å². The first-order chi connectivity index (χ1) is 31.9. The number of amides is 4. The molecule has 2 rings (SSSR count). The van der Waals surface area contributed by atoms with Gasteiger partial charge in [-0.2, -0.15) is 10.5 Å². The summed E-state index contributed by atoms with van der Waals surface area (Å²) in [4.78, 5) is 72.6. The summed E-state index contributed by atoms with van der Waals surface area (Å²) in [6, 6.07) is 21.3. The molecular formula is C48H74BrN7O12. The molecule has 2 aromatic rings. The van der Waals surface area contributed by atoms with Gasteiger partial charge in [-0.3, -0.25) is 4.90 Å². The van der Waals surface area contributed by atoms with Crippen LogP contribution in [0.3, 0.4) is 0 Å². The Bertz CT molecular complexity index is 1820. The fraction of sp³-hybridized carbons (Fsp3) is 0.583. The van der Waals surface area contributed by atoms with E-state index in [2.05, 4.69) is 76.7 Å². The molecule has 2 aromatic carbocycles. The number of carboxylic acids is 1. The SMILES string of the molecule is CC(C)(C)OC(=O)N[C@@H](CCCNC(=O)OCc1ccccc1)C(=O)O.CC(C)(C)OC(=O)N[C@@H](CCCNC(=O)OCc1ccccc1)C(=O)OCC#N.CCN(C(C)C)C(C)C.N#CCBr. The van der Waals surface area contributed by atoms with Crippen LogP contribution in [0.1, 0.15) is 113 Å². The van der Waals surface area contributed by atoms with Crippen molar-refractivity contribution in [2.75, 3.05) is 31.6 Å². The molecule has 0 radical (unpaired) electrons. The number of esters is 1. The minimum atomic E-state index is -1.16. The van der Waals surface area contributed by atoms with Gasteiger partial charge in [0.25, 0.3) is 0 Å². The molecule has 0 aliphatic carbocycles. The summed E-state index contributed by atoms with van der Waals surface area (Å²) in [5.41, 5.74) is 0.298. The number of hydrogen-bond donors (Lipinski definition) is 5. The molecule has 19 nitrogen and oxygen atoms in total. The minimum Gasteiger partial charge on any atom is -0.480 e. The second kappa shape index (κ2) is 36.9. The zero-order valence-corrected chi connectivity index (χ0v) is 43.1. The summed E-state index contributed by atoms with van der Waals surface area (Å²) < 4.78 is 25.1. The van der Waals surface area contributed by atoms with Gasteiger partial charge in [0.15, 0.2) is 6.61 Å². The monoisotopic (exact) mass is 1020 g/mol. The van der Waals surface area contributed by atoms with Gasteiger partial charge < -0.3 is 50.1 Å². The number of carbonyl (C=O) groups is 6. The van der Waals surface area contributed by atoms with Crippen LogP contribution in [0.25, 0.3) is 0 Å². The molecule has 0 saturated carbocycles. The van der Waals surface area contributed by atoms with Gasteiger partial charge in [0.05, 0.1) is 11.4 Å². The number of benzene rings is 2. The van der Waals surface area contributed by atoms with E-state index >= 15 is 0 Å². The van der Waals surface area contributed by atoms with Crippen LogP contribution < -0.4 is 21.3 Å². The number of nitrogens with one attached hydrogen (secondary N) is 4. The van der Waals surface area contributed by atoms with Gasteiger partial charge in [-0.25, -0.2) is 28.8 Å². The average Bonchev–Trinajstić information content (AvgIpc) is 3.26. The molecule has 0 fully saturated rings. The second-order valence-electron chi connectivity index (χ2n) is 17.1. The molecule has 0 unspecified atom stereocenters. The maximum atomic E-state index is 12.0. The van der Waals surface area contributed by atoms with Crippen LogP contribution in [0.4, 0.5) is 19.2 Å². The fourth-order valence-corrected chi connectivity index (χ4v) is 5.48. The van der Waals surface area contributed by atoms with Gasteiger partial charge >= 0.3 is 36.3 Å². The quantitative estimate of drug-likeness (QED) is 0.0361. The first kappa shape index (κ1) is 64.0. The van der Waals surface area contributed by atoms with Crippen LogP contribution >= 0.6 is 15.9 Å². The maximum Gasteiger partial charge on any atom is 0.408 e. The normalized spacial score (nSPS) is 11.4. The molecule has 0 aromatic heterocycles. The van der Waals surface area contributed by atoms with Gasteiger partial charge in [-0.15, -0.1) is 0 Å². The van der Waals surface area contributed by atoms with E-state index in [0.29, 0.717) is 30.3 Å². The summed E-state index contributed by atoms with van der Waals surface area (Å²) in [6.45, 7) is 22.8. The molecule has 0 saturated heterocycles. The highest BCUT2D eigenvalue weighted by atomic mass is 79.9. The number of halogens is 1. The number of nitriles is 2.